The fourth-order valence-corrected chi connectivity index (χ4v) is 2.12. The summed E-state index contributed by atoms with van der Waals surface area (Å²) in [5.41, 5.74) is 1.39. The predicted octanol–water partition coefficient (Wildman–Crippen LogP) is 1.56. The molecule has 3 N–H and O–H groups in total. The van der Waals surface area contributed by atoms with E-state index in [0.717, 1.165) is 0 Å². The van der Waals surface area contributed by atoms with Crippen LogP contribution in [0.4, 0.5) is 11.4 Å². The quantitative estimate of drug-likeness (QED) is 0.641. The van der Waals surface area contributed by atoms with Crippen LogP contribution < -0.4 is 16.0 Å². The molecule has 0 aromatic heterocycles. The van der Waals surface area contributed by atoms with Crippen LogP contribution in [0.1, 0.15) is 17.3 Å². The molecule has 0 spiro atoms. The smallest absolute Gasteiger partial charge is 0.325 e. The normalized spacial score (nSPS) is 9.81. The standard InChI is InChI=1S/C19H19N3O5/c1-13(23)21-15-8-5-9-16(10-15)22-17(24)12-27-18(25)11-20-19(26)14-6-3-2-4-7-14/h2-10H,11-12H2,1H3,(H,20,26)(H,21,23)(H,22,24). The Labute approximate surface area is 155 Å². The Morgan fingerprint density at radius 1 is 0.889 bits per heavy atom. The van der Waals surface area contributed by atoms with Gasteiger partial charge in [-0.25, -0.2) is 0 Å². The molecule has 2 rings (SSSR count). The van der Waals surface area contributed by atoms with E-state index in [0.29, 0.717) is 16.9 Å². The first-order valence-corrected chi connectivity index (χ1v) is 8.10. The molecule has 8 heteroatoms. The van der Waals surface area contributed by atoms with Crippen LogP contribution in [-0.4, -0.2) is 36.8 Å². The summed E-state index contributed by atoms with van der Waals surface area (Å²) in [6, 6.07) is 14.9. The summed E-state index contributed by atoms with van der Waals surface area (Å²) < 4.78 is 4.82. The average Bonchev–Trinajstić information content (AvgIpc) is 2.65. The fraction of sp³-hybridized carbons (Fsp3) is 0.158. The van der Waals surface area contributed by atoms with E-state index >= 15 is 0 Å². The molecule has 0 atom stereocenters. The van der Waals surface area contributed by atoms with Crippen molar-refractivity contribution in [3.8, 4) is 0 Å². The summed E-state index contributed by atoms with van der Waals surface area (Å²) in [5, 5.41) is 7.55. The highest BCUT2D eigenvalue weighted by Crippen LogP contribution is 2.14. The zero-order valence-electron chi connectivity index (χ0n) is 14.7. The molecule has 0 heterocycles. The minimum absolute atomic E-state index is 0.232. The Morgan fingerprint density at radius 3 is 2.22 bits per heavy atom. The summed E-state index contributed by atoms with van der Waals surface area (Å²) >= 11 is 0. The van der Waals surface area contributed by atoms with Crippen LogP contribution in [0.3, 0.4) is 0 Å². The van der Waals surface area contributed by atoms with E-state index in [1.54, 1.807) is 54.6 Å². The van der Waals surface area contributed by atoms with Crippen LogP contribution in [-0.2, 0) is 19.1 Å². The lowest BCUT2D eigenvalue weighted by atomic mass is 10.2. The molecule has 2 aromatic carbocycles. The third-order valence-corrected chi connectivity index (χ3v) is 3.26. The van der Waals surface area contributed by atoms with Crippen molar-refractivity contribution in [2.75, 3.05) is 23.8 Å². The maximum Gasteiger partial charge on any atom is 0.325 e. The Morgan fingerprint density at radius 2 is 1.56 bits per heavy atom. The lowest BCUT2D eigenvalue weighted by Gasteiger charge is -2.09. The van der Waals surface area contributed by atoms with Crippen molar-refractivity contribution in [1.82, 2.24) is 5.32 Å². The van der Waals surface area contributed by atoms with E-state index in [9.17, 15) is 19.2 Å². The van der Waals surface area contributed by atoms with Crippen molar-refractivity contribution in [1.29, 1.82) is 0 Å². The molecule has 0 aliphatic rings. The molecular formula is C19H19N3O5. The third kappa shape index (κ3) is 6.99. The molecule has 0 radical (unpaired) electrons. The zero-order valence-corrected chi connectivity index (χ0v) is 14.7. The van der Waals surface area contributed by atoms with Crippen LogP contribution in [0, 0.1) is 0 Å². The topological polar surface area (TPSA) is 114 Å². The van der Waals surface area contributed by atoms with Gasteiger partial charge in [-0.05, 0) is 30.3 Å². The van der Waals surface area contributed by atoms with Gasteiger partial charge in [-0.3, -0.25) is 19.2 Å². The Balaban J connectivity index is 1.74. The largest absolute Gasteiger partial charge is 0.454 e. The summed E-state index contributed by atoms with van der Waals surface area (Å²) in [7, 11) is 0. The van der Waals surface area contributed by atoms with Gasteiger partial charge in [0.25, 0.3) is 11.8 Å². The number of rotatable bonds is 7. The van der Waals surface area contributed by atoms with Gasteiger partial charge in [-0.15, -0.1) is 0 Å². The molecule has 3 amide bonds. The van der Waals surface area contributed by atoms with E-state index in [1.807, 2.05) is 0 Å². The first-order valence-electron chi connectivity index (χ1n) is 8.10. The van der Waals surface area contributed by atoms with Gasteiger partial charge >= 0.3 is 5.97 Å². The van der Waals surface area contributed by atoms with Gasteiger partial charge in [0.15, 0.2) is 6.61 Å². The number of carbonyl (C=O) groups is 4. The molecule has 0 saturated carbocycles. The Hall–Kier alpha value is -3.68. The first-order chi connectivity index (χ1) is 12.9. The van der Waals surface area contributed by atoms with Crippen LogP contribution in [0.25, 0.3) is 0 Å². The second kappa shape index (κ2) is 9.71. The van der Waals surface area contributed by atoms with E-state index < -0.39 is 24.4 Å². The van der Waals surface area contributed by atoms with Gasteiger partial charge in [0.05, 0.1) is 0 Å². The Kier molecular flexibility index (Phi) is 7.07. The fourth-order valence-electron chi connectivity index (χ4n) is 2.12. The van der Waals surface area contributed by atoms with E-state index in [-0.39, 0.29) is 12.5 Å². The molecule has 0 bridgehead atoms. The predicted molar refractivity (Wildman–Crippen MR) is 99.1 cm³/mol. The van der Waals surface area contributed by atoms with Gasteiger partial charge in [-0.2, -0.15) is 0 Å². The monoisotopic (exact) mass is 369 g/mol. The number of hydrogen-bond acceptors (Lipinski definition) is 5. The highest BCUT2D eigenvalue weighted by Gasteiger charge is 2.11. The molecule has 140 valence electrons. The molecule has 8 nitrogen and oxygen atoms in total. The van der Waals surface area contributed by atoms with Crippen LogP contribution in [0.2, 0.25) is 0 Å². The van der Waals surface area contributed by atoms with Gasteiger partial charge in [0, 0.05) is 23.9 Å². The van der Waals surface area contributed by atoms with Crippen molar-refractivity contribution >= 4 is 35.1 Å². The summed E-state index contributed by atoms with van der Waals surface area (Å²) in [5.74, 6) is -1.92. The van der Waals surface area contributed by atoms with Crippen LogP contribution in [0.5, 0.6) is 0 Å². The SMILES string of the molecule is CC(=O)Nc1cccc(NC(=O)COC(=O)CNC(=O)c2ccccc2)c1. The van der Waals surface area contributed by atoms with Crippen LogP contribution in [0.15, 0.2) is 54.6 Å². The Bertz CT molecular complexity index is 836. The highest BCUT2D eigenvalue weighted by molar-refractivity contribution is 5.97. The van der Waals surface area contributed by atoms with Gasteiger partial charge < -0.3 is 20.7 Å². The molecule has 0 aliphatic heterocycles. The summed E-state index contributed by atoms with van der Waals surface area (Å²) in [6.07, 6.45) is 0. The van der Waals surface area contributed by atoms with E-state index in [4.69, 9.17) is 4.74 Å². The minimum Gasteiger partial charge on any atom is -0.454 e. The molecular weight excluding hydrogens is 350 g/mol. The summed E-state index contributed by atoms with van der Waals surface area (Å²) in [4.78, 5) is 46.3. The number of anilines is 2. The maximum absolute atomic E-state index is 11.8. The van der Waals surface area contributed by atoms with E-state index in [2.05, 4.69) is 16.0 Å². The minimum atomic E-state index is -0.735. The molecule has 0 unspecified atom stereocenters. The molecule has 27 heavy (non-hydrogen) atoms. The zero-order chi connectivity index (χ0) is 19.6. The lowest BCUT2D eigenvalue weighted by molar-refractivity contribution is -0.146. The second-order valence-corrected chi connectivity index (χ2v) is 5.52. The molecule has 2 aromatic rings. The maximum atomic E-state index is 11.8. The first kappa shape index (κ1) is 19.6. The number of benzene rings is 2. The van der Waals surface area contributed by atoms with Gasteiger partial charge in [0.1, 0.15) is 6.54 Å². The van der Waals surface area contributed by atoms with Crippen molar-refractivity contribution in [2.24, 2.45) is 0 Å². The highest BCUT2D eigenvalue weighted by atomic mass is 16.5. The number of ether oxygens (including phenoxy) is 1. The summed E-state index contributed by atoms with van der Waals surface area (Å²) in [6.45, 7) is 0.532. The van der Waals surface area contributed by atoms with Crippen molar-refractivity contribution < 1.29 is 23.9 Å². The molecule has 0 aliphatic carbocycles. The average molecular weight is 369 g/mol. The van der Waals surface area contributed by atoms with Gasteiger partial charge in [0.2, 0.25) is 5.91 Å². The number of nitrogens with one attached hydrogen (secondary N) is 3. The van der Waals surface area contributed by atoms with Crippen LogP contribution >= 0.6 is 0 Å². The number of hydrogen-bond donors (Lipinski definition) is 3. The van der Waals surface area contributed by atoms with E-state index in [1.165, 1.54) is 6.92 Å². The number of esters is 1. The van der Waals surface area contributed by atoms with Crippen molar-refractivity contribution in [3.05, 3.63) is 60.2 Å². The number of amides is 3. The number of carbonyl (C=O) groups excluding carboxylic acids is 4. The van der Waals surface area contributed by atoms with Crippen molar-refractivity contribution in [3.63, 3.8) is 0 Å². The molecule has 0 fully saturated rings. The second-order valence-electron chi connectivity index (χ2n) is 5.52. The van der Waals surface area contributed by atoms with Gasteiger partial charge in [-0.1, -0.05) is 24.3 Å². The third-order valence-electron chi connectivity index (χ3n) is 3.26. The lowest BCUT2D eigenvalue weighted by Crippen LogP contribution is -2.32. The molecule has 0 saturated heterocycles. The van der Waals surface area contributed by atoms with Crippen molar-refractivity contribution in [2.45, 2.75) is 6.92 Å².